The highest BCUT2D eigenvalue weighted by Gasteiger charge is 2.23. The lowest BCUT2D eigenvalue weighted by Gasteiger charge is -2.11. The van der Waals surface area contributed by atoms with Crippen LogP contribution in [-0.2, 0) is 4.74 Å². The van der Waals surface area contributed by atoms with Crippen molar-refractivity contribution in [2.24, 2.45) is 0 Å². The summed E-state index contributed by atoms with van der Waals surface area (Å²) in [6.45, 7) is 0.437. The highest BCUT2D eigenvalue weighted by Crippen LogP contribution is 2.16. The number of carboxylic acid groups (broad SMARTS) is 1. The van der Waals surface area contributed by atoms with Crippen LogP contribution in [0.2, 0.25) is 0 Å². The summed E-state index contributed by atoms with van der Waals surface area (Å²) in [6.07, 6.45) is 0.459. The maximum atomic E-state index is 10.8. The number of carbonyl (C=O) groups excluding carboxylic acids is 1. The zero-order valence-electron chi connectivity index (χ0n) is 8.75. The summed E-state index contributed by atoms with van der Waals surface area (Å²) in [6, 6.07) is 3.07. The lowest BCUT2D eigenvalue weighted by Crippen LogP contribution is -2.22. The number of carbonyl (C=O) groups is 2. The highest BCUT2D eigenvalue weighted by molar-refractivity contribution is 5.88. The first kappa shape index (κ1) is 11.2. The van der Waals surface area contributed by atoms with Gasteiger partial charge in [-0.15, -0.1) is 0 Å². The Bertz CT molecular complexity index is 448. The van der Waals surface area contributed by atoms with Crippen LogP contribution in [0.3, 0.4) is 0 Å². The van der Waals surface area contributed by atoms with E-state index < -0.39 is 18.2 Å². The van der Waals surface area contributed by atoms with Gasteiger partial charge in [0.05, 0.1) is 6.54 Å². The van der Waals surface area contributed by atoms with Gasteiger partial charge in [-0.2, -0.15) is 0 Å². The van der Waals surface area contributed by atoms with E-state index in [9.17, 15) is 9.59 Å². The Labute approximate surface area is 96.4 Å². The average molecular weight is 238 g/mol. The van der Waals surface area contributed by atoms with Crippen molar-refractivity contribution in [2.75, 3.05) is 13.2 Å². The summed E-state index contributed by atoms with van der Waals surface area (Å²) in [4.78, 5) is 25.3. The molecule has 1 fully saturated rings. The first-order chi connectivity index (χ1) is 8.16. The van der Waals surface area contributed by atoms with Gasteiger partial charge in [-0.3, -0.25) is 0 Å². The molecule has 1 aliphatic heterocycles. The van der Waals surface area contributed by atoms with Crippen LogP contribution >= 0.6 is 0 Å². The van der Waals surface area contributed by atoms with Crippen molar-refractivity contribution in [1.82, 2.24) is 10.3 Å². The zero-order valence-corrected chi connectivity index (χ0v) is 8.75. The summed E-state index contributed by atoms with van der Waals surface area (Å²) in [5.74, 6) is -1.01. The Hall–Kier alpha value is -2.31. The summed E-state index contributed by atoms with van der Waals surface area (Å²) in [7, 11) is 0. The monoisotopic (exact) mass is 238 g/mol. The number of ether oxygens (including phenoxy) is 2. The fraction of sp³-hybridized carbons (Fsp3) is 0.300. The van der Waals surface area contributed by atoms with Gasteiger partial charge in [0.25, 0.3) is 0 Å². The van der Waals surface area contributed by atoms with Crippen LogP contribution in [0, 0.1) is 0 Å². The summed E-state index contributed by atoms with van der Waals surface area (Å²) in [5, 5.41) is 11.3. The number of alkyl carbamates (subject to hydrolysis) is 1. The summed E-state index contributed by atoms with van der Waals surface area (Å²) >= 11 is 0. The van der Waals surface area contributed by atoms with E-state index in [0.717, 1.165) is 0 Å². The molecule has 1 saturated heterocycles. The second-order valence-electron chi connectivity index (χ2n) is 3.37. The van der Waals surface area contributed by atoms with Crippen molar-refractivity contribution in [1.29, 1.82) is 0 Å². The molecule has 7 nitrogen and oxygen atoms in total. The molecule has 1 aromatic heterocycles. The lowest BCUT2D eigenvalue weighted by molar-refractivity contribution is 0.0676. The molecule has 1 aliphatic rings. The van der Waals surface area contributed by atoms with Crippen LogP contribution in [0.1, 0.15) is 10.5 Å². The van der Waals surface area contributed by atoms with E-state index in [1.807, 2.05) is 0 Å². The van der Waals surface area contributed by atoms with Crippen LogP contribution in [0.25, 0.3) is 0 Å². The van der Waals surface area contributed by atoms with Gasteiger partial charge in [-0.25, -0.2) is 14.6 Å². The molecular weight excluding hydrogens is 228 g/mol. The molecule has 17 heavy (non-hydrogen) atoms. The maximum Gasteiger partial charge on any atom is 0.407 e. The van der Waals surface area contributed by atoms with Crippen molar-refractivity contribution in [2.45, 2.75) is 6.10 Å². The van der Waals surface area contributed by atoms with Crippen molar-refractivity contribution in [3.8, 4) is 5.75 Å². The van der Waals surface area contributed by atoms with E-state index in [1.165, 1.54) is 12.3 Å². The van der Waals surface area contributed by atoms with Crippen LogP contribution in [0.15, 0.2) is 18.3 Å². The molecule has 2 heterocycles. The number of cyclic esters (lactones) is 1. The number of hydrogen-bond acceptors (Lipinski definition) is 5. The molecule has 1 unspecified atom stereocenters. The third kappa shape index (κ3) is 2.63. The van der Waals surface area contributed by atoms with Gasteiger partial charge >= 0.3 is 12.1 Å². The number of carboxylic acids is 1. The fourth-order valence-electron chi connectivity index (χ4n) is 1.38. The molecule has 7 heteroatoms. The standard InChI is InChI=1S/C10H10N2O5/c13-9(14)8-7(2-1-3-11-8)16-5-6-4-12-10(15)17-6/h1-3,6H,4-5H2,(H,12,15)(H,13,14). The SMILES string of the molecule is O=C1NCC(COc2cccnc2C(=O)O)O1. The number of amides is 1. The van der Waals surface area contributed by atoms with Gasteiger partial charge in [-0.1, -0.05) is 0 Å². The summed E-state index contributed by atoms with van der Waals surface area (Å²) < 4.78 is 10.1. The van der Waals surface area contributed by atoms with Gasteiger partial charge in [0.15, 0.2) is 17.5 Å². The van der Waals surface area contributed by atoms with E-state index in [2.05, 4.69) is 10.3 Å². The highest BCUT2D eigenvalue weighted by atomic mass is 16.6. The molecule has 2 rings (SSSR count). The number of hydrogen-bond donors (Lipinski definition) is 2. The van der Waals surface area contributed by atoms with Crippen LogP contribution < -0.4 is 10.1 Å². The number of rotatable bonds is 4. The fourth-order valence-corrected chi connectivity index (χ4v) is 1.38. The first-order valence-corrected chi connectivity index (χ1v) is 4.92. The molecule has 0 bridgehead atoms. The predicted molar refractivity (Wildman–Crippen MR) is 55.0 cm³/mol. The van der Waals surface area contributed by atoms with Gasteiger partial charge in [0, 0.05) is 6.20 Å². The minimum atomic E-state index is -1.16. The molecule has 0 saturated carbocycles. The number of nitrogens with zero attached hydrogens (tertiary/aromatic N) is 1. The minimum absolute atomic E-state index is 0.0880. The summed E-state index contributed by atoms with van der Waals surface area (Å²) in [5.41, 5.74) is -0.162. The van der Waals surface area contributed by atoms with Crippen LogP contribution in [-0.4, -0.2) is 41.4 Å². The molecule has 0 aromatic carbocycles. The molecule has 0 spiro atoms. The van der Waals surface area contributed by atoms with Crippen LogP contribution in [0.5, 0.6) is 5.75 Å². The average Bonchev–Trinajstić information content (AvgIpc) is 2.73. The lowest BCUT2D eigenvalue weighted by atomic mass is 10.3. The Morgan fingerprint density at radius 3 is 3.18 bits per heavy atom. The minimum Gasteiger partial charge on any atom is -0.487 e. The van der Waals surface area contributed by atoms with Crippen LogP contribution in [0.4, 0.5) is 4.79 Å². The molecule has 1 aromatic rings. The van der Waals surface area contributed by atoms with Gasteiger partial charge in [-0.05, 0) is 12.1 Å². The Morgan fingerprint density at radius 1 is 1.71 bits per heavy atom. The van der Waals surface area contributed by atoms with E-state index in [1.54, 1.807) is 6.07 Å². The number of aromatic nitrogens is 1. The molecule has 0 radical (unpaired) electrons. The van der Waals surface area contributed by atoms with Crippen molar-refractivity contribution >= 4 is 12.1 Å². The smallest absolute Gasteiger partial charge is 0.407 e. The second kappa shape index (κ2) is 4.69. The Morgan fingerprint density at radius 2 is 2.53 bits per heavy atom. The maximum absolute atomic E-state index is 10.8. The third-order valence-electron chi connectivity index (χ3n) is 2.15. The van der Waals surface area contributed by atoms with Gasteiger partial charge in [0.2, 0.25) is 0 Å². The first-order valence-electron chi connectivity index (χ1n) is 4.92. The van der Waals surface area contributed by atoms with E-state index in [-0.39, 0.29) is 18.1 Å². The molecular formula is C10H10N2O5. The normalized spacial score (nSPS) is 18.4. The van der Waals surface area contributed by atoms with Crippen molar-refractivity contribution in [3.05, 3.63) is 24.0 Å². The molecule has 1 atom stereocenters. The largest absolute Gasteiger partial charge is 0.487 e. The molecule has 90 valence electrons. The number of nitrogens with one attached hydrogen (secondary N) is 1. The van der Waals surface area contributed by atoms with E-state index in [4.69, 9.17) is 14.6 Å². The van der Waals surface area contributed by atoms with E-state index >= 15 is 0 Å². The Kier molecular flexibility index (Phi) is 3.08. The number of pyridine rings is 1. The molecule has 1 amide bonds. The topological polar surface area (TPSA) is 97.8 Å². The van der Waals surface area contributed by atoms with E-state index in [0.29, 0.717) is 6.54 Å². The zero-order chi connectivity index (χ0) is 12.3. The molecule has 2 N–H and O–H groups in total. The number of aromatic carboxylic acids is 1. The van der Waals surface area contributed by atoms with Gasteiger partial charge < -0.3 is 19.9 Å². The predicted octanol–water partition coefficient (Wildman–Crippen LogP) is 0.267. The van der Waals surface area contributed by atoms with Gasteiger partial charge in [0.1, 0.15) is 6.61 Å². The third-order valence-corrected chi connectivity index (χ3v) is 2.15. The Balaban J connectivity index is 1.99. The quantitative estimate of drug-likeness (QED) is 0.781. The van der Waals surface area contributed by atoms with Crippen molar-refractivity contribution < 1.29 is 24.2 Å². The second-order valence-corrected chi connectivity index (χ2v) is 3.37. The van der Waals surface area contributed by atoms with Crippen molar-refractivity contribution in [3.63, 3.8) is 0 Å². The molecule has 0 aliphatic carbocycles.